The molecular formula is C22H26N2O4. The van der Waals surface area contributed by atoms with Crippen molar-refractivity contribution in [1.82, 2.24) is 4.90 Å². The number of benzene rings is 2. The van der Waals surface area contributed by atoms with Crippen LogP contribution in [0.2, 0.25) is 0 Å². The zero-order valence-electron chi connectivity index (χ0n) is 16.6. The van der Waals surface area contributed by atoms with Gasteiger partial charge in [0.1, 0.15) is 6.54 Å². The van der Waals surface area contributed by atoms with Crippen LogP contribution >= 0.6 is 0 Å². The maximum atomic E-state index is 12.8. The maximum absolute atomic E-state index is 12.8. The van der Waals surface area contributed by atoms with E-state index < -0.39 is 0 Å². The average Bonchev–Trinajstić information content (AvgIpc) is 3.14. The number of ether oxygens (including phenoxy) is 2. The van der Waals surface area contributed by atoms with E-state index in [2.05, 4.69) is 0 Å². The van der Waals surface area contributed by atoms with Gasteiger partial charge in [-0.15, -0.1) is 0 Å². The van der Waals surface area contributed by atoms with Crippen LogP contribution in [0.15, 0.2) is 42.5 Å². The third-order valence-electron chi connectivity index (χ3n) is 5.08. The number of nitrogens with zero attached hydrogens (tertiary/aromatic N) is 2. The minimum absolute atomic E-state index is 0.0486. The van der Waals surface area contributed by atoms with Crippen LogP contribution in [-0.2, 0) is 22.4 Å². The SMILES string of the molecule is COc1ccc(CCN(CC(=O)N2CCc3ccccc32)C(C)=O)cc1OC. The highest BCUT2D eigenvalue weighted by Gasteiger charge is 2.26. The molecule has 6 nitrogen and oxygen atoms in total. The monoisotopic (exact) mass is 382 g/mol. The van der Waals surface area contributed by atoms with Crippen LogP contribution in [0, 0.1) is 0 Å². The highest BCUT2D eigenvalue weighted by atomic mass is 16.5. The molecule has 0 radical (unpaired) electrons. The summed E-state index contributed by atoms with van der Waals surface area (Å²) in [6, 6.07) is 13.6. The van der Waals surface area contributed by atoms with Crippen LogP contribution in [0.1, 0.15) is 18.1 Å². The first kappa shape index (κ1) is 19.7. The van der Waals surface area contributed by atoms with E-state index in [0.717, 1.165) is 17.7 Å². The molecule has 148 valence electrons. The van der Waals surface area contributed by atoms with Gasteiger partial charge in [0.05, 0.1) is 14.2 Å². The Labute approximate surface area is 165 Å². The summed E-state index contributed by atoms with van der Waals surface area (Å²) in [7, 11) is 3.19. The largest absolute Gasteiger partial charge is 0.493 e. The van der Waals surface area contributed by atoms with E-state index >= 15 is 0 Å². The average molecular weight is 382 g/mol. The molecule has 0 N–H and O–H groups in total. The third kappa shape index (κ3) is 4.27. The van der Waals surface area contributed by atoms with Crippen LogP contribution < -0.4 is 14.4 Å². The lowest BCUT2D eigenvalue weighted by atomic mass is 10.1. The molecule has 2 amide bonds. The molecule has 0 aliphatic carbocycles. The van der Waals surface area contributed by atoms with Gasteiger partial charge < -0.3 is 19.3 Å². The highest BCUT2D eigenvalue weighted by Crippen LogP contribution is 2.28. The minimum atomic E-state index is -0.110. The molecule has 0 saturated carbocycles. The molecule has 0 aromatic heterocycles. The number of hydrogen-bond donors (Lipinski definition) is 0. The number of methoxy groups -OCH3 is 2. The van der Waals surface area contributed by atoms with E-state index in [4.69, 9.17) is 9.47 Å². The summed E-state index contributed by atoms with van der Waals surface area (Å²) in [6.07, 6.45) is 1.48. The van der Waals surface area contributed by atoms with Gasteiger partial charge in [-0.2, -0.15) is 0 Å². The molecule has 6 heteroatoms. The summed E-state index contributed by atoms with van der Waals surface area (Å²) in [6.45, 7) is 2.71. The highest BCUT2D eigenvalue weighted by molar-refractivity contribution is 5.98. The molecule has 0 bridgehead atoms. The Bertz CT molecular complexity index is 865. The molecule has 1 heterocycles. The number of rotatable bonds is 7. The fourth-order valence-electron chi connectivity index (χ4n) is 3.49. The van der Waals surface area contributed by atoms with Gasteiger partial charge in [-0.1, -0.05) is 24.3 Å². The summed E-state index contributed by atoms with van der Waals surface area (Å²) in [5, 5.41) is 0. The molecule has 0 atom stereocenters. The fraction of sp³-hybridized carbons (Fsp3) is 0.364. The van der Waals surface area contributed by atoms with Crippen molar-refractivity contribution >= 4 is 17.5 Å². The number of anilines is 1. The molecule has 2 aromatic rings. The summed E-state index contributed by atoms with van der Waals surface area (Å²) in [5.74, 6) is 1.16. The van der Waals surface area contributed by atoms with E-state index in [1.165, 1.54) is 12.5 Å². The Kier molecular flexibility index (Phi) is 6.19. The Morgan fingerprint density at radius 1 is 1.07 bits per heavy atom. The summed E-state index contributed by atoms with van der Waals surface area (Å²) >= 11 is 0. The van der Waals surface area contributed by atoms with Crippen LogP contribution in [0.4, 0.5) is 5.69 Å². The molecule has 2 aromatic carbocycles. The lowest BCUT2D eigenvalue weighted by Crippen LogP contribution is -2.42. The van der Waals surface area contributed by atoms with Crippen molar-refractivity contribution in [3.63, 3.8) is 0 Å². The van der Waals surface area contributed by atoms with E-state index in [0.29, 0.717) is 31.0 Å². The predicted octanol–water partition coefficient (Wildman–Crippen LogP) is 2.68. The first-order valence-electron chi connectivity index (χ1n) is 9.38. The standard InChI is InChI=1S/C22H26N2O4/c1-16(25)23(12-10-17-8-9-20(27-2)21(14-17)28-3)15-22(26)24-13-11-18-6-4-5-7-19(18)24/h4-9,14H,10-13,15H2,1-3H3. The molecule has 0 saturated heterocycles. The Morgan fingerprint density at radius 3 is 2.54 bits per heavy atom. The first-order valence-corrected chi connectivity index (χ1v) is 9.38. The van der Waals surface area contributed by atoms with Gasteiger partial charge in [-0.05, 0) is 42.2 Å². The molecule has 28 heavy (non-hydrogen) atoms. The lowest BCUT2D eigenvalue weighted by Gasteiger charge is -2.24. The summed E-state index contributed by atoms with van der Waals surface area (Å²) < 4.78 is 10.6. The first-order chi connectivity index (χ1) is 13.5. The number of amides is 2. The summed E-state index contributed by atoms with van der Waals surface area (Å²) in [4.78, 5) is 28.3. The van der Waals surface area contributed by atoms with Crippen LogP contribution in [0.5, 0.6) is 11.5 Å². The number of para-hydroxylation sites is 1. The Hall–Kier alpha value is -3.02. The summed E-state index contributed by atoms with van der Waals surface area (Å²) in [5.41, 5.74) is 3.15. The van der Waals surface area contributed by atoms with Crippen molar-refractivity contribution < 1.29 is 19.1 Å². The zero-order valence-corrected chi connectivity index (χ0v) is 16.6. The van der Waals surface area contributed by atoms with Gasteiger partial charge in [0, 0.05) is 25.7 Å². The molecule has 1 aliphatic rings. The van der Waals surface area contributed by atoms with E-state index in [-0.39, 0.29) is 18.4 Å². The number of fused-ring (bicyclic) bond motifs is 1. The molecule has 0 fully saturated rings. The fourth-order valence-corrected chi connectivity index (χ4v) is 3.49. The molecule has 3 rings (SSSR count). The van der Waals surface area contributed by atoms with Crippen molar-refractivity contribution in [3.05, 3.63) is 53.6 Å². The van der Waals surface area contributed by atoms with Gasteiger partial charge in [-0.3, -0.25) is 9.59 Å². The van der Waals surface area contributed by atoms with Gasteiger partial charge in [-0.25, -0.2) is 0 Å². The van der Waals surface area contributed by atoms with Crippen molar-refractivity contribution in [3.8, 4) is 11.5 Å². The second-order valence-electron chi connectivity index (χ2n) is 6.80. The Balaban J connectivity index is 1.65. The van der Waals surface area contributed by atoms with Crippen molar-refractivity contribution in [2.24, 2.45) is 0 Å². The van der Waals surface area contributed by atoms with Gasteiger partial charge >= 0.3 is 0 Å². The van der Waals surface area contributed by atoms with Crippen LogP contribution in [0.25, 0.3) is 0 Å². The number of carbonyl (C=O) groups is 2. The molecule has 0 spiro atoms. The van der Waals surface area contributed by atoms with Gasteiger partial charge in [0.15, 0.2) is 11.5 Å². The van der Waals surface area contributed by atoms with Crippen molar-refractivity contribution in [1.29, 1.82) is 0 Å². The van der Waals surface area contributed by atoms with Crippen LogP contribution in [0.3, 0.4) is 0 Å². The minimum Gasteiger partial charge on any atom is -0.493 e. The second kappa shape index (κ2) is 8.78. The van der Waals surface area contributed by atoms with Crippen molar-refractivity contribution in [2.45, 2.75) is 19.8 Å². The maximum Gasteiger partial charge on any atom is 0.246 e. The smallest absolute Gasteiger partial charge is 0.246 e. The number of carbonyl (C=O) groups excluding carboxylic acids is 2. The molecule has 0 unspecified atom stereocenters. The lowest BCUT2D eigenvalue weighted by molar-refractivity contribution is -0.133. The zero-order chi connectivity index (χ0) is 20.1. The van der Waals surface area contributed by atoms with E-state index in [9.17, 15) is 9.59 Å². The van der Waals surface area contributed by atoms with Gasteiger partial charge in [0.25, 0.3) is 0 Å². The topological polar surface area (TPSA) is 59.1 Å². The normalized spacial score (nSPS) is 12.5. The van der Waals surface area contributed by atoms with E-state index in [1.54, 1.807) is 24.0 Å². The molecule has 1 aliphatic heterocycles. The number of hydrogen-bond acceptors (Lipinski definition) is 4. The third-order valence-corrected chi connectivity index (χ3v) is 5.08. The molecular weight excluding hydrogens is 356 g/mol. The quantitative estimate of drug-likeness (QED) is 0.739. The Morgan fingerprint density at radius 2 is 1.82 bits per heavy atom. The predicted molar refractivity (Wildman–Crippen MR) is 108 cm³/mol. The van der Waals surface area contributed by atoms with Crippen LogP contribution in [-0.4, -0.2) is 50.6 Å². The second-order valence-corrected chi connectivity index (χ2v) is 6.80. The van der Waals surface area contributed by atoms with Crippen molar-refractivity contribution in [2.75, 3.05) is 38.8 Å². The van der Waals surface area contributed by atoms with Gasteiger partial charge in [0.2, 0.25) is 11.8 Å². The van der Waals surface area contributed by atoms with E-state index in [1.807, 2.05) is 42.5 Å².